The second kappa shape index (κ2) is 8.84. The second-order valence-electron chi connectivity index (χ2n) is 8.91. The molecule has 0 saturated heterocycles. The first-order chi connectivity index (χ1) is 11.4. The summed E-state index contributed by atoms with van der Waals surface area (Å²) in [6.45, 7) is 9.68. The fraction of sp³-hybridized carbons (Fsp3) is 0.542. The average Bonchev–Trinajstić information content (AvgIpc) is 3.25. The molecule has 4 rings (SSSR count). The summed E-state index contributed by atoms with van der Waals surface area (Å²) in [5, 5.41) is 0. The van der Waals surface area contributed by atoms with Crippen molar-refractivity contribution in [3.8, 4) is 0 Å². The van der Waals surface area contributed by atoms with Crippen molar-refractivity contribution in [2.75, 3.05) is 0 Å². The van der Waals surface area contributed by atoms with Crippen LogP contribution in [0.15, 0.2) is 59.3 Å². The zero-order valence-corrected chi connectivity index (χ0v) is 20.5. The van der Waals surface area contributed by atoms with Crippen LogP contribution in [0.4, 0.5) is 0 Å². The van der Waals surface area contributed by atoms with Gasteiger partial charge in [-0.1, -0.05) is 79.9 Å². The molecule has 0 aromatic heterocycles. The molecular weight excluding hydrogens is 505 g/mol. The van der Waals surface area contributed by atoms with E-state index in [1.807, 2.05) is 0 Å². The number of halogens is 2. The third-order valence-electron chi connectivity index (χ3n) is 7.63. The maximum atomic E-state index is 2.63. The van der Waals surface area contributed by atoms with E-state index < -0.39 is 0 Å². The summed E-state index contributed by atoms with van der Waals surface area (Å²) in [7, 11) is 0. The molecule has 27 heavy (non-hydrogen) atoms. The first-order valence-electron chi connectivity index (χ1n) is 9.70. The molecule has 0 aromatic rings. The topological polar surface area (TPSA) is 0 Å². The van der Waals surface area contributed by atoms with Gasteiger partial charge in [-0.05, 0) is 43.1 Å². The van der Waals surface area contributed by atoms with Gasteiger partial charge in [0.2, 0.25) is 0 Å². The van der Waals surface area contributed by atoms with Crippen LogP contribution in [0, 0.1) is 35.0 Å². The van der Waals surface area contributed by atoms with Crippen molar-refractivity contribution in [1.29, 1.82) is 0 Å². The molecule has 1 saturated carbocycles. The van der Waals surface area contributed by atoms with E-state index in [0.29, 0.717) is 5.92 Å². The molecule has 0 aromatic carbocycles. The molecule has 1 fully saturated rings. The molecule has 4 aliphatic carbocycles. The van der Waals surface area contributed by atoms with Gasteiger partial charge in [-0.25, -0.2) is 0 Å². The van der Waals surface area contributed by atoms with Gasteiger partial charge >= 0.3 is 0 Å². The SMILES string of the molecule is CC1=C(C)C(C)(C2=CCC(C)(C3C=CC=C3)C=C2)C2[CH-]CCC2C1.[F-].[F-].[Hf]. The van der Waals surface area contributed by atoms with Gasteiger partial charge in [-0.3, -0.25) is 0 Å². The first-order valence-corrected chi connectivity index (χ1v) is 9.70. The van der Waals surface area contributed by atoms with Gasteiger partial charge in [0.05, 0.1) is 0 Å². The van der Waals surface area contributed by atoms with Crippen LogP contribution in [-0.2, 0) is 25.8 Å². The molecule has 0 radical (unpaired) electrons. The summed E-state index contributed by atoms with van der Waals surface area (Å²) in [6, 6.07) is 0. The smallest absolute Gasteiger partial charge is 0.00443 e. The van der Waals surface area contributed by atoms with Crippen molar-refractivity contribution in [3.05, 3.63) is 65.7 Å². The molecule has 3 heteroatoms. The number of hydrogen-bond acceptors (Lipinski definition) is 0. The third kappa shape index (κ3) is 3.82. The molecule has 0 aliphatic heterocycles. The summed E-state index contributed by atoms with van der Waals surface area (Å²) in [5.74, 6) is 2.14. The normalized spacial score (nSPS) is 37.3. The Morgan fingerprint density at radius 3 is 2.33 bits per heavy atom. The van der Waals surface area contributed by atoms with E-state index >= 15 is 0 Å². The van der Waals surface area contributed by atoms with Gasteiger partial charge in [0.15, 0.2) is 0 Å². The van der Waals surface area contributed by atoms with E-state index in [1.165, 1.54) is 19.3 Å². The quantitative estimate of drug-likeness (QED) is 0.276. The van der Waals surface area contributed by atoms with Crippen LogP contribution in [0.1, 0.15) is 53.4 Å². The molecule has 0 amide bonds. The maximum absolute atomic E-state index is 2.63. The summed E-state index contributed by atoms with van der Waals surface area (Å²) in [6.07, 6.45) is 24.4. The number of allylic oxidation sites excluding steroid dienone is 10. The fourth-order valence-electron chi connectivity index (χ4n) is 5.70. The van der Waals surface area contributed by atoms with Crippen LogP contribution in [0.25, 0.3) is 0 Å². The minimum Gasteiger partial charge on any atom is -1.00 e. The van der Waals surface area contributed by atoms with Crippen molar-refractivity contribution < 1.29 is 35.3 Å². The Balaban J connectivity index is 0.00000121. The average molecular weight is 536 g/mol. The largest absolute Gasteiger partial charge is 1.00 e. The van der Waals surface area contributed by atoms with Crippen LogP contribution in [0.5, 0.6) is 0 Å². The van der Waals surface area contributed by atoms with Gasteiger partial charge in [-0.15, -0.1) is 0 Å². The van der Waals surface area contributed by atoms with Crippen molar-refractivity contribution in [2.45, 2.75) is 53.4 Å². The molecule has 0 bridgehead atoms. The van der Waals surface area contributed by atoms with Crippen molar-refractivity contribution in [3.63, 3.8) is 0 Å². The van der Waals surface area contributed by atoms with Gasteiger partial charge in [-0.2, -0.15) is 12.3 Å². The molecule has 0 heterocycles. The molecule has 4 atom stereocenters. The van der Waals surface area contributed by atoms with Gasteiger partial charge in [0.25, 0.3) is 0 Å². The van der Waals surface area contributed by atoms with Crippen LogP contribution >= 0.6 is 0 Å². The van der Waals surface area contributed by atoms with E-state index in [2.05, 4.69) is 76.6 Å². The van der Waals surface area contributed by atoms with Crippen LogP contribution in [0.3, 0.4) is 0 Å². The molecule has 4 aliphatic rings. The minimum atomic E-state index is 0. The Hall–Kier alpha value is -0.570. The Morgan fingerprint density at radius 2 is 1.74 bits per heavy atom. The monoisotopic (exact) mass is 537 g/mol. The summed E-state index contributed by atoms with van der Waals surface area (Å²) < 4.78 is 0. The standard InChI is InChI=1S/C24H31.2FH.Hf/c1-17-16-19-8-7-11-22(19)24(4,18(17)2)21-12-14-23(3,15-13-21)20-9-5-6-10-20;;;/h5-6,9-14,19-20,22H,7-8,15-16H2,1-4H3;2*1H;/q-1;;;/p-2. The summed E-state index contributed by atoms with van der Waals surface area (Å²) in [4.78, 5) is 0. The zero-order chi connectivity index (χ0) is 16.9. The van der Waals surface area contributed by atoms with Gasteiger partial charge in [0.1, 0.15) is 0 Å². The second-order valence-corrected chi connectivity index (χ2v) is 8.91. The van der Waals surface area contributed by atoms with E-state index in [4.69, 9.17) is 0 Å². The van der Waals surface area contributed by atoms with Crippen molar-refractivity contribution in [1.82, 2.24) is 0 Å². The minimum absolute atomic E-state index is 0. The molecule has 0 N–H and O–H groups in total. The Kier molecular flexibility index (Phi) is 8.01. The molecule has 0 nitrogen and oxygen atoms in total. The maximum Gasteiger partial charge on any atom is 0.00443 e. The Labute approximate surface area is 182 Å². The molecule has 148 valence electrons. The van der Waals surface area contributed by atoms with Crippen molar-refractivity contribution in [2.24, 2.45) is 28.6 Å². The van der Waals surface area contributed by atoms with E-state index in [0.717, 1.165) is 18.3 Å². The third-order valence-corrected chi connectivity index (χ3v) is 7.63. The van der Waals surface area contributed by atoms with E-state index in [9.17, 15) is 0 Å². The molecule has 0 spiro atoms. The zero-order valence-electron chi connectivity index (χ0n) is 16.9. The summed E-state index contributed by atoms with van der Waals surface area (Å²) >= 11 is 0. The Bertz CT molecular complexity index is 687. The van der Waals surface area contributed by atoms with E-state index in [-0.39, 0.29) is 46.1 Å². The number of hydrogen-bond donors (Lipinski definition) is 0. The van der Waals surface area contributed by atoms with Gasteiger partial charge in [0, 0.05) is 31.8 Å². The number of rotatable bonds is 2. The Morgan fingerprint density at radius 1 is 1.07 bits per heavy atom. The fourth-order valence-corrected chi connectivity index (χ4v) is 5.70. The number of fused-ring (bicyclic) bond motifs is 1. The van der Waals surface area contributed by atoms with Crippen LogP contribution < -0.4 is 9.41 Å². The van der Waals surface area contributed by atoms with Gasteiger partial charge < -0.3 is 15.8 Å². The van der Waals surface area contributed by atoms with Crippen LogP contribution in [-0.4, -0.2) is 0 Å². The molecule has 4 unspecified atom stereocenters. The molecular formula is C24H31F2Hf-3. The summed E-state index contributed by atoms with van der Waals surface area (Å²) in [5.41, 5.74) is 5.28. The predicted molar refractivity (Wildman–Crippen MR) is 103 cm³/mol. The van der Waals surface area contributed by atoms with Crippen LogP contribution in [0.2, 0.25) is 0 Å². The van der Waals surface area contributed by atoms with E-state index in [1.54, 1.807) is 16.7 Å². The van der Waals surface area contributed by atoms with Crippen molar-refractivity contribution >= 4 is 0 Å². The first kappa shape index (κ1) is 24.5. The predicted octanol–water partition coefficient (Wildman–Crippen LogP) is 0.604.